The molecule has 0 spiro atoms. The molecule has 5 N–H and O–H groups in total. The number of carbonyl (C=O) groups excluding carboxylic acids is 5. The predicted octanol–water partition coefficient (Wildman–Crippen LogP) is 9.02. The van der Waals surface area contributed by atoms with Crippen LogP contribution in [0.3, 0.4) is 0 Å². The first-order valence-electron chi connectivity index (χ1n) is 25.6. The zero-order valence-electron chi connectivity index (χ0n) is 44.2. The van der Waals surface area contributed by atoms with E-state index in [0.717, 1.165) is 11.6 Å². The van der Waals surface area contributed by atoms with Gasteiger partial charge in [-0.3, -0.25) is 14.9 Å². The summed E-state index contributed by atoms with van der Waals surface area (Å²) >= 11 is 0. The quantitative estimate of drug-likeness (QED) is 0.00497. The Morgan fingerprint density at radius 3 is 1.53 bits per heavy atom. The van der Waals surface area contributed by atoms with Gasteiger partial charge in [0.2, 0.25) is 40.7 Å². The number of hydrogen-bond donors (Lipinski definition) is 5. The monoisotopic (exact) mass is 1150 g/mol. The summed E-state index contributed by atoms with van der Waals surface area (Å²) in [4.78, 5) is 79.7. The summed E-state index contributed by atoms with van der Waals surface area (Å²) in [7, 11) is 1.41. The zero-order chi connectivity index (χ0) is 59.4. The van der Waals surface area contributed by atoms with E-state index < -0.39 is 113 Å². The van der Waals surface area contributed by atoms with E-state index in [2.05, 4.69) is 21.3 Å². The first kappa shape index (κ1) is 60.9. The molecule has 7 rings (SSSR count). The van der Waals surface area contributed by atoms with Crippen molar-refractivity contribution in [1.29, 1.82) is 0 Å². The van der Waals surface area contributed by atoms with Crippen LogP contribution in [0.2, 0.25) is 0 Å². The number of likely N-dealkylation sites (N-methyl/N-ethyl adjacent to an activating group) is 1. The van der Waals surface area contributed by atoms with Crippen LogP contribution in [0.5, 0.6) is 11.5 Å². The van der Waals surface area contributed by atoms with Crippen LogP contribution in [0.1, 0.15) is 39.8 Å². The number of aliphatic hydroxyl groups is 1. The Bertz CT molecular complexity index is 3360. The Morgan fingerprint density at radius 1 is 0.542 bits per heavy atom. The van der Waals surface area contributed by atoms with Gasteiger partial charge in [0.05, 0.1) is 17.1 Å². The number of carbonyl (C=O) groups is 5. The number of benzene rings is 7. The summed E-state index contributed by atoms with van der Waals surface area (Å²) in [5.74, 6) is -17.7. The number of nitro groups is 1. The van der Waals surface area contributed by atoms with Crippen molar-refractivity contribution in [3.63, 3.8) is 0 Å². The van der Waals surface area contributed by atoms with Gasteiger partial charge in [0.25, 0.3) is 5.69 Å². The summed E-state index contributed by atoms with van der Waals surface area (Å²) in [5, 5.41) is 33.6. The fourth-order valence-corrected chi connectivity index (χ4v) is 8.27. The van der Waals surface area contributed by atoms with E-state index in [1.807, 2.05) is 0 Å². The molecule has 0 bridgehead atoms. The molecule has 7 aromatic carbocycles. The minimum atomic E-state index is -2.52. The van der Waals surface area contributed by atoms with Crippen LogP contribution in [0.4, 0.5) is 37.2 Å². The number of ether oxygens (including phenoxy) is 5. The van der Waals surface area contributed by atoms with Crippen LogP contribution in [-0.2, 0) is 67.9 Å². The fraction of sp³-hybridized carbons (Fsp3) is 0.217. The molecule has 0 aliphatic heterocycles. The molecule has 0 aliphatic carbocycles. The first-order valence-corrected chi connectivity index (χ1v) is 25.6. The van der Waals surface area contributed by atoms with E-state index in [1.165, 1.54) is 37.4 Å². The molecule has 7 aromatic rings. The molecular weight excluding hydrogens is 1090 g/mol. The maximum absolute atomic E-state index is 15.0. The molecule has 23 heteroatoms. The molecule has 0 aliphatic rings. The first-order chi connectivity index (χ1) is 40.0. The van der Waals surface area contributed by atoms with Gasteiger partial charge in [0.1, 0.15) is 44.3 Å². The van der Waals surface area contributed by atoms with Crippen molar-refractivity contribution in [2.75, 3.05) is 13.6 Å². The molecule has 4 atom stereocenters. The molecular formula is C60H54F5N5O13. The van der Waals surface area contributed by atoms with Crippen LogP contribution in [-0.4, -0.2) is 77.9 Å². The molecule has 0 unspecified atom stereocenters. The molecule has 83 heavy (non-hydrogen) atoms. The molecule has 0 aromatic heterocycles. The maximum Gasteiger partial charge on any atom is 0.408 e. The number of rotatable bonds is 26. The SMILES string of the molecule is CN[C@@H](C[C@@H](O)CNC(=O)OCc1ccccc1)C(=O)N[C@@H](Cc1cc(-c2ccc(OCc3ccccc3)c(C[C@H](NC(=O)OCc3ccccc3)C(=O)Oc3c(F)c(F)c(F)c(F)c3F)c2)ccc1[N+](=O)[O-])C(=O)OCc1ccccc1. The maximum atomic E-state index is 15.0. The highest BCUT2D eigenvalue weighted by Gasteiger charge is 2.34. The van der Waals surface area contributed by atoms with Crippen LogP contribution in [0, 0.1) is 39.2 Å². The van der Waals surface area contributed by atoms with Crippen molar-refractivity contribution >= 4 is 35.7 Å². The van der Waals surface area contributed by atoms with Gasteiger partial charge < -0.3 is 50.1 Å². The third-order valence-corrected chi connectivity index (χ3v) is 12.6. The minimum Gasteiger partial charge on any atom is -0.489 e. The average molecular weight is 1150 g/mol. The number of alkyl carbamates (subject to hydrolysis) is 2. The summed E-state index contributed by atoms with van der Waals surface area (Å²) in [6.45, 7) is -1.05. The molecule has 3 amide bonds. The van der Waals surface area contributed by atoms with Crippen LogP contribution in [0.15, 0.2) is 158 Å². The average Bonchev–Trinajstić information content (AvgIpc) is 3.66. The van der Waals surface area contributed by atoms with Crippen molar-refractivity contribution in [2.45, 2.75) is 69.9 Å². The van der Waals surface area contributed by atoms with Crippen LogP contribution < -0.4 is 30.7 Å². The Balaban J connectivity index is 1.19. The van der Waals surface area contributed by atoms with Crippen molar-refractivity contribution < 1.29 is 79.6 Å². The normalized spacial score (nSPS) is 12.4. The highest BCUT2D eigenvalue weighted by Crippen LogP contribution is 2.34. The Hall–Kier alpha value is -9.74. The highest BCUT2D eigenvalue weighted by molar-refractivity contribution is 5.88. The van der Waals surface area contributed by atoms with E-state index in [9.17, 15) is 61.1 Å². The number of halogens is 5. The lowest BCUT2D eigenvalue weighted by atomic mass is 9.95. The second-order valence-electron chi connectivity index (χ2n) is 18.5. The topological polar surface area (TPSA) is 243 Å². The largest absolute Gasteiger partial charge is 0.489 e. The van der Waals surface area contributed by atoms with E-state index in [4.69, 9.17) is 23.7 Å². The zero-order valence-corrected chi connectivity index (χ0v) is 44.2. The number of amides is 3. The van der Waals surface area contributed by atoms with Gasteiger partial charge in [-0.15, -0.1) is 0 Å². The Morgan fingerprint density at radius 2 is 1.00 bits per heavy atom. The van der Waals surface area contributed by atoms with Gasteiger partial charge in [-0.2, -0.15) is 8.78 Å². The lowest BCUT2D eigenvalue weighted by molar-refractivity contribution is -0.385. The molecule has 0 saturated carbocycles. The predicted molar refractivity (Wildman–Crippen MR) is 288 cm³/mol. The summed E-state index contributed by atoms with van der Waals surface area (Å²) in [5.41, 5.74) is 2.40. The van der Waals surface area contributed by atoms with E-state index in [1.54, 1.807) is 121 Å². The smallest absolute Gasteiger partial charge is 0.408 e. The van der Waals surface area contributed by atoms with E-state index in [-0.39, 0.29) is 67.4 Å². The number of nitrogens with zero attached hydrogens (tertiary/aromatic N) is 1. The summed E-state index contributed by atoms with van der Waals surface area (Å²) < 4.78 is 99.7. The second-order valence-corrected chi connectivity index (χ2v) is 18.5. The van der Waals surface area contributed by atoms with E-state index in [0.29, 0.717) is 16.7 Å². The van der Waals surface area contributed by atoms with Gasteiger partial charge in [-0.05, 0) is 76.7 Å². The van der Waals surface area contributed by atoms with Gasteiger partial charge in [-0.25, -0.2) is 32.3 Å². The number of hydrogen-bond acceptors (Lipinski definition) is 14. The number of aliphatic hydroxyl groups excluding tert-OH is 1. The molecule has 0 radical (unpaired) electrons. The minimum absolute atomic E-state index is 0.0404. The second kappa shape index (κ2) is 29.6. The van der Waals surface area contributed by atoms with Crippen molar-refractivity contribution in [3.8, 4) is 22.6 Å². The van der Waals surface area contributed by atoms with Gasteiger partial charge in [0, 0.05) is 31.0 Å². The molecule has 0 saturated heterocycles. The summed E-state index contributed by atoms with van der Waals surface area (Å²) in [6.07, 6.45) is -4.95. The van der Waals surface area contributed by atoms with Crippen LogP contribution in [0.25, 0.3) is 11.1 Å². The van der Waals surface area contributed by atoms with Crippen molar-refractivity contribution in [1.82, 2.24) is 21.3 Å². The summed E-state index contributed by atoms with van der Waals surface area (Å²) in [6, 6.07) is 37.7. The molecule has 0 fully saturated rings. The van der Waals surface area contributed by atoms with Gasteiger partial charge in [0.15, 0.2) is 0 Å². The fourth-order valence-electron chi connectivity index (χ4n) is 8.27. The Kier molecular flexibility index (Phi) is 21.7. The molecule has 18 nitrogen and oxygen atoms in total. The number of esters is 2. The standard InChI is InChI=1S/C60H54F5N5O13/c1-66-45(30-44(71)31-67-59(75)81-34-38-18-10-4-11-19-38)56(72)68-46(57(73)80-33-37-16-8-3-9-17-37)28-42-26-40(22-24-48(42)70(77)78)41-23-25-49(79-32-36-14-6-2-7-15-36)43(27-41)29-47(69-60(76)82-35-39-20-12-5-13-21-39)58(74)83-55-53(64)51(62)50(61)52(63)54(55)65/h2-27,44-47,66,71H,28-35H2,1H3,(H,67,75)(H,68,72)(H,69,76)/t44-,45+,46+,47+/m1/s1. The highest BCUT2D eigenvalue weighted by atomic mass is 19.2. The molecule has 432 valence electrons. The Labute approximate surface area is 471 Å². The van der Waals surface area contributed by atoms with Gasteiger partial charge in [-0.1, -0.05) is 127 Å². The van der Waals surface area contributed by atoms with E-state index >= 15 is 0 Å². The third kappa shape index (κ3) is 17.4. The van der Waals surface area contributed by atoms with Crippen molar-refractivity contribution in [2.24, 2.45) is 0 Å². The number of nitrogens with one attached hydrogen (secondary N) is 4. The molecule has 0 heterocycles. The third-order valence-electron chi connectivity index (χ3n) is 12.6. The van der Waals surface area contributed by atoms with Crippen LogP contribution >= 0.6 is 0 Å². The number of nitro benzene ring substituents is 1. The lowest BCUT2D eigenvalue weighted by Crippen LogP contribution is -2.52. The van der Waals surface area contributed by atoms with Crippen molar-refractivity contribution in [3.05, 3.63) is 230 Å². The van der Waals surface area contributed by atoms with Gasteiger partial charge >= 0.3 is 24.1 Å². The lowest BCUT2D eigenvalue weighted by Gasteiger charge is -2.23.